The number of unbranched alkanes of at least 4 members (excludes halogenated alkanes) is 2. The fourth-order valence-electron chi connectivity index (χ4n) is 9.49. The zero-order valence-corrected chi connectivity index (χ0v) is 38.7. The van der Waals surface area contributed by atoms with Crippen LogP contribution in [0.3, 0.4) is 0 Å². The van der Waals surface area contributed by atoms with Crippen molar-refractivity contribution in [3.05, 3.63) is 124 Å². The Hall–Kier alpha value is -5.45. The maximum absolute atomic E-state index is 14.9. The molecule has 3 aliphatic rings. The number of carbonyl (C=O) groups is 1. The van der Waals surface area contributed by atoms with E-state index in [4.69, 9.17) is 28.9 Å². The normalized spacial score (nSPS) is 22.8. The van der Waals surface area contributed by atoms with E-state index in [1.807, 2.05) is 64.1 Å². The van der Waals surface area contributed by atoms with Crippen molar-refractivity contribution in [1.82, 2.24) is 9.88 Å². The number of nitro groups is 1. The first-order chi connectivity index (χ1) is 31.8. The average molecular weight is 911 g/mol. The minimum Gasteiger partial charge on any atom is -0.487 e. The van der Waals surface area contributed by atoms with Gasteiger partial charge in [0.15, 0.2) is 0 Å². The highest BCUT2D eigenvalue weighted by molar-refractivity contribution is 6.03. The van der Waals surface area contributed by atoms with Crippen molar-refractivity contribution in [2.24, 2.45) is 22.9 Å². The van der Waals surface area contributed by atoms with Gasteiger partial charge in [-0.25, -0.2) is 0 Å². The highest BCUT2D eigenvalue weighted by Crippen LogP contribution is 2.62. The summed E-state index contributed by atoms with van der Waals surface area (Å²) >= 11 is 0. The molecule has 1 fully saturated rings. The van der Waals surface area contributed by atoms with Crippen LogP contribution in [-0.4, -0.2) is 105 Å². The second-order valence-corrected chi connectivity index (χ2v) is 18.1. The summed E-state index contributed by atoms with van der Waals surface area (Å²) in [7, 11) is 0. The molecule has 0 spiro atoms. The van der Waals surface area contributed by atoms with Gasteiger partial charge in [-0.1, -0.05) is 36.2 Å². The number of nitro benzene ring substituents is 1. The predicted octanol–water partition coefficient (Wildman–Crippen LogP) is 7.86. The third kappa shape index (κ3) is 12.3. The molecular weight excluding hydrogens is 845 g/mol. The number of benzene rings is 2. The van der Waals surface area contributed by atoms with E-state index in [9.17, 15) is 30.2 Å². The molecule has 0 saturated heterocycles. The Morgan fingerprint density at radius 3 is 2.47 bits per heavy atom. The lowest BCUT2D eigenvalue weighted by atomic mass is 9.55. The Bertz CT molecular complexity index is 2200. The topological polar surface area (TPSA) is 196 Å². The molecule has 15 nitrogen and oxygen atoms in total. The van der Waals surface area contributed by atoms with Gasteiger partial charge in [0.25, 0.3) is 5.69 Å². The summed E-state index contributed by atoms with van der Waals surface area (Å²) in [6.45, 7) is 12.2. The van der Waals surface area contributed by atoms with E-state index in [0.717, 1.165) is 48.2 Å². The van der Waals surface area contributed by atoms with E-state index in [-0.39, 0.29) is 82.7 Å². The molecule has 1 aromatic heterocycles. The standard InChI is InChI=1S/C51H66N4O11/c1-6-28-64-51-46(54(24-29-62-30-27-58)47(59)23-18-36-16-19-39(20-17-36)55(60)61)33-44(53-66-50(3,4)5)42-31-37(13-7-9-25-56)41(15-8-10-26-57)48(49(42)51)43-32-40(21-22-45(43)65-51)63-34-38-14-11-12-35(2)52-38/h6,11-12,14,16-23,31-32,37,41,46,48-49,56-58H,1,7-10,13,15,24-30,33-34H2,2-5H3. The number of ether oxygens (including phenoxy) is 4. The Labute approximate surface area is 387 Å². The number of aryl methyl sites for hydroxylation is 1. The maximum Gasteiger partial charge on any atom is 0.269 e. The lowest BCUT2D eigenvalue weighted by molar-refractivity contribution is -0.384. The van der Waals surface area contributed by atoms with Crippen LogP contribution in [0.4, 0.5) is 5.69 Å². The minimum atomic E-state index is -1.52. The van der Waals surface area contributed by atoms with Crippen molar-refractivity contribution < 1.29 is 48.8 Å². The highest BCUT2D eigenvalue weighted by Gasteiger charge is 2.65. The number of amides is 1. The zero-order chi connectivity index (χ0) is 47.3. The predicted molar refractivity (Wildman–Crippen MR) is 251 cm³/mol. The van der Waals surface area contributed by atoms with Crippen molar-refractivity contribution in [2.45, 2.75) is 103 Å². The lowest BCUT2D eigenvalue weighted by Crippen LogP contribution is -2.70. The molecule has 6 rings (SSSR count). The van der Waals surface area contributed by atoms with Crippen molar-refractivity contribution in [1.29, 1.82) is 0 Å². The Kier molecular flexibility index (Phi) is 17.7. The molecule has 6 atom stereocenters. The van der Waals surface area contributed by atoms with Crippen LogP contribution in [0.2, 0.25) is 0 Å². The van der Waals surface area contributed by atoms with Crippen molar-refractivity contribution in [3.8, 4) is 11.5 Å². The van der Waals surface area contributed by atoms with E-state index in [0.29, 0.717) is 35.6 Å². The quantitative estimate of drug-likeness (QED) is 0.0259. The zero-order valence-electron chi connectivity index (χ0n) is 38.7. The summed E-state index contributed by atoms with van der Waals surface area (Å²) in [5, 5.41) is 45.8. The molecule has 0 bridgehead atoms. The molecule has 2 heterocycles. The van der Waals surface area contributed by atoms with Crippen LogP contribution in [0.25, 0.3) is 6.08 Å². The van der Waals surface area contributed by atoms with Crippen LogP contribution < -0.4 is 9.47 Å². The Morgan fingerprint density at radius 1 is 1.03 bits per heavy atom. The number of aliphatic hydroxyl groups is 3. The summed E-state index contributed by atoms with van der Waals surface area (Å²) in [5.74, 6) is -1.52. The number of hydrogen-bond acceptors (Lipinski definition) is 13. The summed E-state index contributed by atoms with van der Waals surface area (Å²) in [4.78, 5) is 38.4. The van der Waals surface area contributed by atoms with E-state index in [1.54, 1.807) is 29.2 Å². The second kappa shape index (κ2) is 23.3. The van der Waals surface area contributed by atoms with E-state index in [1.165, 1.54) is 18.2 Å². The van der Waals surface area contributed by atoms with Crippen LogP contribution in [0.5, 0.6) is 11.5 Å². The van der Waals surface area contributed by atoms with Gasteiger partial charge < -0.3 is 44.0 Å². The molecule has 0 radical (unpaired) electrons. The number of carbonyl (C=O) groups excluding carboxylic acids is 1. The smallest absolute Gasteiger partial charge is 0.269 e. The van der Waals surface area contributed by atoms with Crippen LogP contribution in [-0.2, 0) is 25.7 Å². The molecule has 1 aliphatic heterocycles. The molecule has 356 valence electrons. The first kappa shape index (κ1) is 50.0. The molecule has 1 amide bonds. The van der Waals surface area contributed by atoms with Gasteiger partial charge in [0, 0.05) is 61.6 Å². The summed E-state index contributed by atoms with van der Waals surface area (Å²) in [5.41, 5.74) is 3.99. The van der Waals surface area contributed by atoms with Gasteiger partial charge in [-0.05, 0) is 125 Å². The van der Waals surface area contributed by atoms with Crippen molar-refractivity contribution in [2.75, 3.05) is 46.2 Å². The fraction of sp³-hybridized carbons (Fsp3) is 0.510. The third-order valence-corrected chi connectivity index (χ3v) is 12.3. The first-order valence-corrected chi connectivity index (χ1v) is 23.1. The van der Waals surface area contributed by atoms with Gasteiger partial charge in [0.1, 0.15) is 29.7 Å². The molecule has 1 saturated carbocycles. The fourth-order valence-corrected chi connectivity index (χ4v) is 9.49. The van der Waals surface area contributed by atoms with Crippen LogP contribution in [0.15, 0.2) is 96.2 Å². The molecule has 3 N–H and O–H groups in total. The highest BCUT2D eigenvalue weighted by atomic mass is 16.7. The number of allylic oxidation sites excluding steroid dienone is 1. The van der Waals surface area contributed by atoms with E-state index in [2.05, 4.69) is 17.6 Å². The molecule has 15 heteroatoms. The van der Waals surface area contributed by atoms with Gasteiger partial charge in [0.05, 0.1) is 48.7 Å². The monoisotopic (exact) mass is 910 g/mol. The molecule has 3 aromatic rings. The summed E-state index contributed by atoms with van der Waals surface area (Å²) in [6.07, 6.45) is 11.5. The molecule has 6 unspecified atom stereocenters. The number of aliphatic hydroxyl groups excluding tert-OH is 3. The van der Waals surface area contributed by atoms with Crippen LogP contribution in [0.1, 0.15) is 94.1 Å². The van der Waals surface area contributed by atoms with Gasteiger partial charge in [-0.3, -0.25) is 19.9 Å². The van der Waals surface area contributed by atoms with Gasteiger partial charge in [-0.15, -0.1) is 6.58 Å². The number of fused-ring (bicyclic) bond motifs is 2. The second-order valence-electron chi connectivity index (χ2n) is 18.1. The molecule has 2 aromatic carbocycles. The van der Waals surface area contributed by atoms with Crippen LogP contribution >= 0.6 is 0 Å². The average Bonchev–Trinajstić information content (AvgIpc) is 3.30. The van der Waals surface area contributed by atoms with Crippen molar-refractivity contribution >= 4 is 23.4 Å². The maximum atomic E-state index is 14.9. The van der Waals surface area contributed by atoms with Gasteiger partial charge in [-0.2, -0.15) is 0 Å². The van der Waals surface area contributed by atoms with E-state index < -0.39 is 34.2 Å². The minimum absolute atomic E-state index is 0.00496. The number of nitrogens with zero attached hydrogens (tertiary/aromatic N) is 4. The summed E-state index contributed by atoms with van der Waals surface area (Å²) in [6, 6.07) is 16.7. The molecule has 66 heavy (non-hydrogen) atoms. The Morgan fingerprint density at radius 2 is 1.79 bits per heavy atom. The number of non-ortho nitro benzene ring substituents is 1. The Balaban J connectivity index is 1.56. The number of rotatable bonds is 24. The number of aromatic nitrogens is 1. The van der Waals surface area contributed by atoms with Gasteiger partial charge >= 0.3 is 0 Å². The van der Waals surface area contributed by atoms with Crippen molar-refractivity contribution in [3.63, 3.8) is 0 Å². The van der Waals surface area contributed by atoms with Gasteiger partial charge in [0.2, 0.25) is 11.7 Å². The SMILES string of the molecule is C=CCOC12Oc3ccc(OCc4cccc(C)n4)cc3C3C(CCCCO)C(CCCCO)C=C(C(=NOC(C)(C)C)CC1N(CCOCCO)C(=O)C=Cc1ccc([N+](=O)[O-])cc1)C32. The molecular formula is C51H66N4O11. The molecule has 2 aliphatic carbocycles. The van der Waals surface area contributed by atoms with Crippen LogP contribution in [0, 0.1) is 34.8 Å². The number of oxime groups is 1. The lowest BCUT2D eigenvalue weighted by Gasteiger charge is -2.60. The number of hydrogen-bond donors (Lipinski definition) is 3. The largest absolute Gasteiger partial charge is 0.487 e. The summed E-state index contributed by atoms with van der Waals surface area (Å²) < 4.78 is 26.7. The first-order valence-electron chi connectivity index (χ1n) is 23.1. The number of pyridine rings is 1. The van der Waals surface area contributed by atoms with E-state index >= 15 is 0 Å². The third-order valence-electron chi connectivity index (χ3n) is 12.3.